The lowest BCUT2D eigenvalue weighted by Crippen LogP contribution is -2.26. The van der Waals surface area contributed by atoms with Gasteiger partial charge < -0.3 is 4.74 Å². The van der Waals surface area contributed by atoms with Crippen LogP contribution in [0.3, 0.4) is 0 Å². The summed E-state index contributed by atoms with van der Waals surface area (Å²) in [6.07, 6.45) is 6.72. The van der Waals surface area contributed by atoms with Crippen molar-refractivity contribution in [2.45, 2.75) is 39.7 Å². The van der Waals surface area contributed by atoms with Gasteiger partial charge in [0.25, 0.3) is 0 Å². The van der Waals surface area contributed by atoms with Crippen LogP contribution < -0.4 is 0 Å². The van der Waals surface area contributed by atoms with Crippen LogP contribution in [0.2, 0.25) is 0 Å². The highest BCUT2D eigenvalue weighted by Gasteiger charge is 2.33. The Morgan fingerprint density at radius 3 is 2.60 bits per heavy atom. The SMILES string of the molecule is CCC1OC=C[C@]1(C)CC. The summed E-state index contributed by atoms with van der Waals surface area (Å²) in [5.41, 5.74) is 0.300. The maximum absolute atomic E-state index is 5.43. The largest absolute Gasteiger partial charge is 0.497 e. The van der Waals surface area contributed by atoms with Crippen molar-refractivity contribution in [1.29, 1.82) is 0 Å². The highest BCUT2D eigenvalue weighted by molar-refractivity contribution is 5.03. The van der Waals surface area contributed by atoms with Gasteiger partial charge in [-0.15, -0.1) is 0 Å². The van der Waals surface area contributed by atoms with E-state index in [0.29, 0.717) is 11.5 Å². The molecule has 0 bridgehead atoms. The predicted octanol–water partition coefficient (Wildman–Crippen LogP) is 2.73. The van der Waals surface area contributed by atoms with Gasteiger partial charge in [-0.05, 0) is 18.9 Å². The van der Waals surface area contributed by atoms with Gasteiger partial charge in [0.15, 0.2) is 0 Å². The molecule has 0 saturated heterocycles. The van der Waals surface area contributed by atoms with Gasteiger partial charge in [-0.2, -0.15) is 0 Å². The Balaban J connectivity index is 2.64. The molecule has 0 aromatic rings. The molecule has 0 saturated carbocycles. The third-order valence-corrected chi connectivity index (χ3v) is 2.56. The second-order valence-electron chi connectivity index (χ2n) is 3.20. The zero-order valence-corrected chi connectivity index (χ0v) is 7.05. The van der Waals surface area contributed by atoms with E-state index in [9.17, 15) is 0 Å². The molecule has 0 spiro atoms. The monoisotopic (exact) mass is 140 g/mol. The lowest BCUT2D eigenvalue weighted by molar-refractivity contribution is 0.0797. The Morgan fingerprint density at radius 1 is 1.50 bits per heavy atom. The summed E-state index contributed by atoms with van der Waals surface area (Å²) >= 11 is 0. The maximum Gasteiger partial charge on any atom is 0.106 e. The van der Waals surface area contributed by atoms with E-state index in [1.54, 1.807) is 0 Å². The first-order valence-electron chi connectivity index (χ1n) is 4.06. The van der Waals surface area contributed by atoms with E-state index in [4.69, 9.17) is 4.74 Å². The van der Waals surface area contributed by atoms with Gasteiger partial charge in [-0.1, -0.05) is 20.8 Å². The average Bonchev–Trinajstić information content (AvgIpc) is 2.32. The van der Waals surface area contributed by atoms with Crippen LogP contribution in [0.5, 0.6) is 0 Å². The average molecular weight is 140 g/mol. The summed E-state index contributed by atoms with van der Waals surface area (Å²) in [5, 5.41) is 0. The predicted molar refractivity (Wildman–Crippen MR) is 42.7 cm³/mol. The topological polar surface area (TPSA) is 9.23 Å². The summed E-state index contributed by atoms with van der Waals surface area (Å²) in [4.78, 5) is 0. The lowest BCUT2D eigenvalue weighted by Gasteiger charge is -2.26. The zero-order valence-electron chi connectivity index (χ0n) is 7.05. The number of rotatable bonds is 2. The van der Waals surface area contributed by atoms with Crippen LogP contribution in [0.25, 0.3) is 0 Å². The van der Waals surface area contributed by atoms with Gasteiger partial charge in [0.2, 0.25) is 0 Å². The highest BCUT2D eigenvalue weighted by atomic mass is 16.5. The van der Waals surface area contributed by atoms with Crippen molar-refractivity contribution >= 4 is 0 Å². The Labute approximate surface area is 63.1 Å². The second kappa shape index (κ2) is 2.65. The summed E-state index contributed by atoms with van der Waals surface area (Å²) in [7, 11) is 0. The van der Waals surface area contributed by atoms with Crippen LogP contribution in [-0.2, 0) is 4.74 Å². The molecule has 1 aliphatic heterocycles. The molecule has 1 heteroatoms. The zero-order chi connectivity index (χ0) is 7.61. The molecule has 0 radical (unpaired) electrons. The molecule has 0 aliphatic carbocycles. The summed E-state index contributed by atoms with van der Waals surface area (Å²) in [6, 6.07) is 0. The minimum Gasteiger partial charge on any atom is -0.497 e. The molecular weight excluding hydrogens is 124 g/mol. The Morgan fingerprint density at radius 2 is 2.20 bits per heavy atom. The van der Waals surface area contributed by atoms with Crippen molar-refractivity contribution in [2.24, 2.45) is 5.41 Å². The molecule has 1 heterocycles. The molecule has 0 aromatic heterocycles. The fourth-order valence-electron chi connectivity index (χ4n) is 1.46. The first-order chi connectivity index (χ1) is 4.73. The van der Waals surface area contributed by atoms with Crippen LogP contribution in [0.4, 0.5) is 0 Å². The molecule has 1 rings (SSSR count). The first-order valence-corrected chi connectivity index (χ1v) is 4.06. The van der Waals surface area contributed by atoms with Gasteiger partial charge in [-0.25, -0.2) is 0 Å². The van der Waals surface area contributed by atoms with E-state index in [-0.39, 0.29) is 0 Å². The van der Waals surface area contributed by atoms with Gasteiger partial charge in [0.1, 0.15) is 6.10 Å². The molecule has 0 amide bonds. The van der Waals surface area contributed by atoms with E-state index >= 15 is 0 Å². The molecule has 1 aliphatic rings. The van der Waals surface area contributed by atoms with Gasteiger partial charge >= 0.3 is 0 Å². The smallest absolute Gasteiger partial charge is 0.106 e. The highest BCUT2D eigenvalue weighted by Crippen LogP contribution is 2.36. The molecule has 0 aromatic carbocycles. The Bertz CT molecular complexity index is 140. The van der Waals surface area contributed by atoms with Crippen LogP contribution >= 0.6 is 0 Å². The fraction of sp³-hybridized carbons (Fsp3) is 0.778. The second-order valence-corrected chi connectivity index (χ2v) is 3.20. The van der Waals surface area contributed by atoms with E-state index < -0.39 is 0 Å². The van der Waals surface area contributed by atoms with Gasteiger partial charge in [0, 0.05) is 5.41 Å². The quantitative estimate of drug-likeness (QED) is 0.573. The molecule has 1 unspecified atom stereocenters. The van der Waals surface area contributed by atoms with Crippen molar-refractivity contribution in [1.82, 2.24) is 0 Å². The Kier molecular flexibility index (Phi) is 2.02. The van der Waals surface area contributed by atoms with E-state index in [2.05, 4.69) is 26.8 Å². The van der Waals surface area contributed by atoms with Crippen molar-refractivity contribution in [2.75, 3.05) is 0 Å². The minimum absolute atomic E-state index is 0.300. The molecule has 58 valence electrons. The molecule has 1 nitrogen and oxygen atoms in total. The summed E-state index contributed by atoms with van der Waals surface area (Å²) in [5.74, 6) is 0. The van der Waals surface area contributed by atoms with Gasteiger partial charge in [-0.3, -0.25) is 0 Å². The van der Waals surface area contributed by atoms with Crippen molar-refractivity contribution in [3.8, 4) is 0 Å². The molecule has 0 fully saturated rings. The van der Waals surface area contributed by atoms with Gasteiger partial charge in [0.05, 0.1) is 6.26 Å². The Hall–Kier alpha value is -0.460. The third kappa shape index (κ3) is 1.05. The van der Waals surface area contributed by atoms with E-state index in [1.807, 2.05) is 6.26 Å². The van der Waals surface area contributed by atoms with Crippen molar-refractivity contribution in [3.63, 3.8) is 0 Å². The summed E-state index contributed by atoms with van der Waals surface area (Å²) in [6.45, 7) is 6.64. The van der Waals surface area contributed by atoms with Crippen LogP contribution in [0.1, 0.15) is 33.6 Å². The number of hydrogen-bond donors (Lipinski definition) is 0. The standard InChI is InChI=1S/C9H16O/c1-4-8-9(3,5-2)6-7-10-8/h6-8H,4-5H2,1-3H3/t8?,9-/m0/s1. The van der Waals surface area contributed by atoms with E-state index in [1.165, 1.54) is 6.42 Å². The summed E-state index contributed by atoms with van der Waals surface area (Å²) < 4.78 is 5.43. The van der Waals surface area contributed by atoms with Crippen molar-refractivity contribution < 1.29 is 4.74 Å². The van der Waals surface area contributed by atoms with E-state index in [0.717, 1.165) is 6.42 Å². The van der Waals surface area contributed by atoms with Crippen LogP contribution in [0.15, 0.2) is 12.3 Å². The third-order valence-electron chi connectivity index (χ3n) is 2.56. The first kappa shape index (κ1) is 7.64. The van der Waals surface area contributed by atoms with Crippen LogP contribution in [-0.4, -0.2) is 6.10 Å². The molecular formula is C9H16O. The number of hydrogen-bond acceptors (Lipinski definition) is 1. The minimum atomic E-state index is 0.300. The fourth-order valence-corrected chi connectivity index (χ4v) is 1.46. The van der Waals surface area contributed by atoms with Crippen LogP contribution in [0, 0.1) is 5.41 Å². The van der Waals surface area contributed by atoms with Crippen molar-refractivity contribution in [3.05, 3.63) is 12.3 Å². The molecule has 10 heavy (non-hydrogen) atoms. The normalized spacial score (nSPS) is 38.1. The number of ether oxygens (including phenoxy) is 1. The lowest BCUT2D eigenvalue weighted by atomic mass is 9.82. The molecule has 0 N–H and O–H groups in total. The maximum atomic E-state index is 5.43. The molecule has 2 atom stereocenters.